The van der Waals surface area contributed by atoms with Gasteiger partial charge in [0.1, 0.15) is 0 Å². The second-order valence-electron chi connectivity index (χ2n) is 7.07. The largest absolute Gasteiger partial charge is 0.462 e. The van der Waals surface area contributed by atoms with Crippen molar-refractivity contribution in [1.82, 2.24) is 0 Å². The van der Waals surface area contributed by atoms with Gasteiger partial charge >= 0.3 is 5.97 Å². The summed E-state index contributed by atoms with van der Waals surface area (Å²) in [5, 5.41) is 5.90. The van der Waals surface area contributed by atoms with Crippen molar-refractivity contribution in [1.29, 1.82) is 0 Å². The van der Waals surface area contributed by atoms with Crippen LogP contribution in [-0.2, 0) is 13.9 Å². The standard InChI is InChI=1S/C14H21FO4S/c1-13(15,20-19-17)12(16)18-8-14-5-9-2-10(6-14)4-11(3-9)7-14/h9-11,17H,2-8H2,1H3. The Hall–Kier alpha value is -0.330. The van der Waals surface area contributed by atoms with E-state index in [-0.39, 0.29) is 17.5 Å². The maximum atomic E-state index is 13.8. The van der Waals surface area contributed by atoms with Crippen LogP contribution < -0.4 is 0 Å². The van der Waals surface area contributed by atoms with Gasteiger partial charge in [0.15, 0.2) is 0 Å². The molecule has 4 fully saturated rings. The molecule has 20 heavy (non-hydrogen) atoms. The summed E-state index contributed by atoms with van der Waals surface area (Å²) in [7, 11) is 0. The van der Waals surface area contributed by atoms with E-state index in [1.165, 1.54) is 19.3 Å². The molecule has 4 bridgehead atoms. The van der Waals surface area contributed by atoms with Crippen LogP contribution in [0.15, 0.2) is 0 Å². The Bertz CT molecular complexity index is 363. The van der Waals surface area contributed by atoms with Gasteiger partial charge in [-0.2, -0.15) is 4.33 Å². The molecule has 0 aromatic rings. The van der Waals surface area contributed by atoms with Gasteiger partial charge < -0.3 is 4.74 Å². The molecule has 114 valence electrons. The first-order valence-electron chi connectivity index (χ1n) is 7.28. The summed E-state index contributed by atoms with van der Waals surface area (Å²) in [4.78, 5) is 11.7. The Morgan fingerprint density at radius 2 is 1.80 bits per heavy atom. The Balaban J connectivity index is 1.60. The van der Waals surface area contributed by atoms with Crippen molar-refractivity contribution >= 4 is 18.0 Å². The van der Waals surface area contributed by atoms with Gasteiger partial charge in [-0.25, -0.2) is 14.4 Å². The van der Waals surface area contributed by atoms with Crippen LogP contribution in [-0.4, -0.2) is 22.8 Å². The van der Waals surface area contributed by atoms with E-state index in [1.807, 2.05) is 0 Å². The van der Waals surface area contributed by atoms with Gasteiger partial charge in [-0.3, -0.25) is 0 Å². The fourth-order valence-electron chi connectivity index (χ4n) is 4.92. The van der Waals surface area contributed by atoms with Gasteiger partial charge in [0.25, 0.3) is 5.00 Å². The molecule has 1 unspecified atom stereocenters. The molecule has 0 spiro atoms. The lowest BCUT2D eigenvalue weighted by Gasteiger charge is -2.56. The molecule has 0 amide bonds. The molecular formula is C14H21FO4S. The molecule has 1 atom stereocenters. The molecule has 0 radical (unpaired) electrons. The predicted molar refractivity (Wildman–Crippen MR) is 72.4 cm³/mol. The molecule has 0 saturated heterocycles. The Labute approximate surface area is 122 Å². The number of alkyl halides is 1. The molecule has 1 N–H and O–H groups in total. The number of hydrogen-bond acceptors (Lipinski definition) is 5. The van der Waals surface area contributed by atoms with Crippen molar-refractivity contribution in [2.24, 2.45) is 23.2 Å². The molecule has 4 rings (SSSR count). The Kier molecular flexibility index (Phi) is 3.75. The minimum Gasteiger partial charge on any atom is -0.462 e. The summed E-state index contributed by atoms with van der Waals surface area (Å²) in [5.74, 6) is 1.35. The van der Waals surface area contributed by atoms with Crippen LogP contribution >= 0.6 is 12.0 Å². The average Bonchev–Trinajstić information content (AvgIpc) is 2.34. The molecule has 0 heterocycles. The van der Waals surface area contributed by atoms with Crippen LogP contribution in [0.2, 0.25) is 0 Å². The lowest BCUT2D eigenvalue weighted by atomic mass is 9.50. The highest BCUT2D eigenvalue weighted by atomic mass is 32.2. The maximum absolute atomic E-state index is 13.8. The van der Waals surface area contributed by atoms with Crippen LogP contribution in [0.5, 0.6) is 0 Å². The van der Waals surface area contributed by atoms with Crippen LogP contribution in [0, 0.1) is 23.2 Å². The highest BCUT2D eigenvalue weighted by Crippen LogP contribution is 2.60. The number of esters is 1. The second kappa shape index (κ2) is 5.14. The number of carbonyl (C=O) groups is 1. The third-order valence-corrected chi connectivity index (χ3v) is 5.79. The molecule has 4 nitrogen and oxygen atoms in total. The molecular weight excluding hydrogens is 283 g/mol. The van der Waals surface area contributed by atoms with Crippen molar-refractivity contribution in [3.8, 4) is 0 Å². The first kappa shape index (κ1) is 14.6. The van der Waals surface area contributed by atoms with Crippen LogP contribution in [0.25, 0.3) is 0 Å². The first-order valence-corrected chi connectivity index (χ1v) is 8.02. The Morgan fingerprint density at radius 1 is 1.30 bits per heavy atom. The zero-order valence-electron chi connectivity index (χ0n) is 11.6. The van der Waals surface area contributed by atoms with Crippen molar-refractivity contribution in [2.45, 2.75) is 50.4 Å². The molecule has 0 aliphatic heterocycles. The highest BCUT2D eigenvalue weighted by molar-refractivity contribution is 7.96. The number of halogens is 1. The van der Waals surface area contributed by atoms with Gasteiger partial charge in [0.2, 0.25) is 0 Å². The molecule has 0 aromatic heterocycles. The summed E-state index contributed by atoms with van der Waals surface area (Å²) in [6.07, 6.45) is 7.30. The van der Waals surface area contributed by atoms with Gasteiger partial charge in [-0.1, -0.05) is 0 Å². The van der Waals surface area contributed by atoms with E-state index >= 15 is 0 Å². The fourth-order valence-corrected chi connectivity index (χ4v) is 5.19. The topological polar surface area (TPSA) is 55.8 Å². The smallest absolute Gasteiger partial charge is 0.356 e. The van der Waals surface area contributed by atoms with Crippen molar-refractivity contribution in [3.05, 3.63) is 0 Å². The zero-order valence-corrected chi connectivity index (χ0v) is 12.5. The minimum absolute atomic E-state index is 0.0730. The quantitative estimate of drug-likeness (QED) is 0.364. The van der Waals surface area contributed by atoms with Gasteiger partial charge in [-0.15, -0.1) is 0 Å². The predicted octanol–water partition coefficient (Wildman–Crippen LogP) is 3.57. The SMILES string of the molecule is CC(F)(SOO)C(=O)OCC12CC3CC(CC(C3)C1)C2. The summed E-state index contributed by atoms with van der Waals surface area (Å²) < 4.78 is 22.7. The first-order chi connectivity index (χ1) is 9.42. The summed E-state index contributed by atoms with van der Waals surface area (Å²) in [6.45, 7) is 1.34. The van der Waals surface area contributed by atoms with E-state index in [2.05, 4.69) is 4.33 Å². The maximum Gasteiger partial charge on any atom is 0.356 e. The Morgan fingerprint density at radius 3 is 2.25 bits per heavy atom. The van der Waals surface area contributed by atoms with Gasteiger partial charge in [0, 0.05) is 5.41 Å². The summed E-state index contributed by atoms with van der Waals surface area (Å²) >= 11 is 0.0730. The summed E-state index contributed by atoms with van der Waals surface area (Å²) in [6, 6.07) is 0. The third-order valence-electron chi connectivity index (χ3n) is 5.23. The van der Waals surface area contributed by atoms with E-state index in [0.717, 1.165) is 43.9 Å². The normalized spacial score (nSPS) is 41.5. The van der Waals surface area contributed by atoms with E-state index < -0.39 is 11.0 Å². The van der Waals surface area contributed by atoms with E-state index in [1.54, 1.807) is 0 Å². The lowest BCUT2D eigenvalue weighted by Crippen LogP contribution is -2.49. The minimum atomic E-state index is -2.36. The number of rotatable bonds is 5. The van der Waals surface area contributed by atoms with E-state index in [9.17, 15) is 9.18 Å². The molecule has 4 aliphatic carbocycles. The number of ether oxygens (including phenoxy) is 1. The van der Waals surface area contributed by atoms with Gasteiger partial charge in [0.05, 0.1) is 18.6 Å². The van der Waals surface area contributed by atoms with Crippen LogP contribution in [0.4, 0.5) is 4.39 Å². The fraction of sp³-hybridized carbons (Fsp3) is 0.929. The van der Waals surface area contributed by atoms with E-state index in [4.69, 9.17) is 9.99 Å². The molecule has 0 aromatic carbocycles. The number of carbonyl (C=O) groups excluding carboxylic acids is 1. The lowest BCUT2D eigenvalue weighted by molar-refractivity contribution is -0.164. The molecule has 6 heteroatoms. The third kappa shape index (κ3) is 2.70. The zero-order chi connectivity index (χ0) is 14.4. The van der Waals surface area contributed by atoms with Crippen molar-refractivity contribution in [2.75, 3.05) is 6.61 Å². The molecule has 4 saturated carbocycles. The number of hydrogen-bond donors (Lipinski definition) is 1. The van der Waals surface area contributed by atoms with Crippen LogP contribution in [0.3, 0.4) is 0 Å². The monoisotopic (exact) mass is 304 g/mol. The molecule has 4 aliphatic rings. The van der Waals surface area contributed by atoms with E-state index in [0.29, 0.717) is 6.61 Å². The highest BCUT2D eigenvalue weighted by Gasteiger charge is 2.52. The van der Waals surface area contributed by atoms with Crippen LogP contribution in [0.1, 0.15) is 45.4 Å². The van der Waals surface area contributed by atoms with Crippen molar-refractivity contribution < 1.29 is 23.5 Å². The van der Waals surface area contributed by atoms with Crippen molar-refractivity contribution in [3.63, 3.8) is 0 Å². The second-order valence-corrected chi connectivity index (χ2v) is 8.15. The van der Waals surface area contributed by atoms with Gasteiger partial charge in [-0.05, 0) is 63.2 Å². The summed E-state index contributed by atoms with van der Waals surface area (Å²) in [5.41, 5.74) is 0.0746. The average molecular weight is 304 g/mol.